The molecule has 8 heteroatoms. The summed E-state index contributed by atoms with van der Waals surface area (Å²) in [5.41, 5.74) is -0.892. The van der Waals surface area contributed by atoms with Crippen LogP contribution in [-0.2, 0) is 16.2 Å². The largest absolute Gasteiger partial charge is 0.416 e. The fourth-order valence-electron chi connectivity index (χ4n) is 2.73. The fraction of sp³-hybridized carbons (Fsp3) is 0.571. The van der Waals surface area contributed by atoms with Crippen LogP contribution in [0.5, 0.6) is 0 Å². The standard InChI is InChI=1S/C14H18F3NO3S/c1-10-3-2-8-18(13(10)9-19)22(20,21)12-6-4-11(5-7-12)14(15,16)17/h4-7,10,13,19H,2-3,8-9H2,1H3. The van der Waals surface area contributed by atoms with Crippen LogP contribution in [0.4, 0.5) is 13.2 Å². The lowest BCUT2D eigenvalue weighted by atomic mass is 9.93. The maximum Gasteiger partial charge on any atom is 0.416 e. The number of piperidine rings is 1. The number of benzene rings is 1. The topological polar surface area (TPSA) is 57.6 Å². The van der Waals surface area contributed by atoms with E-state index in [1.54, 1.807) is 0 Å². The van der Waals surface area contributed by atoms with Crippen molar-refractivity contribution in [1.29, 1.82) is 0 Å². The van der Waals surface area contributed by atoms with Crippen LogP contribution >= 0.6 is 0 Å². The van der Waals surface area contributed by atoms with Crippen LogP contribution in [0.25, 0.3) is 0 Å². The molecule has 0 amide bonds. The lowest BCUT2D eigenvalue weighted by Crippen LogP contribution is -2.49. The maximum absolute atomic E-state index is 12.6. The molecule has 1 aromatic carbocycles. The highest BCUT2D eigenvalue weighted by molar-refractivity contribution is 7.89. The van der Waals surface area contributed by atoms with Gasteiger partial charge in [-0.05, 0) is 43.0 Å². The van der Waals surface area contributed by atoms with Crippen molar-refractivity contribution in [3.8, 4) is 0 Å². The molecule has 0 aliphatic carbocycles. The Labute approximate surface area is 127 Å². The summed E-state index contributed by atoms with van der Waals surface area (Å²) in [7, 11) is -3.91. The predicted octanol–water partition coefficient (Wildman–Crippen LogP) is 2.49. The van der Waals surface area contributed by atoms with Gasteiger partial charge in [0.2, 0.25) is 10.0 Å². The number of alkyl halides is 3. The molecule has 4 nitrogen and oxygen atoms in total. The van der Waals surface area contributed by atoms with Crippen LogP contribution in [0, 0.1) is 5.92 Å². The van der Waals surface area contributed by atoms with Crippen molar-refractivity contribution in [2.75, 3.05) is 13.2 Å². The summed E-state index contributed by atoms with van der Waals surface area (Å²) in [5.74, 6) is 0.00275. The lowest BCUT2D eigenvalue weighted by molar-refractivity contribution is -0.137. The van der Waals surface area contributed by atoms with Crippen molar-refractivity contribution in [3.63, 3.8) is 0 Å². The average Bonchev–Trinajstić information content (AvgIpc) is 2.46. The summed E-state index contributed by atoms with van der Waals surface area (Å²) >= 11 is 0. The quantitative estimate of drug-likeness (QED) is 0.922. The molecule has 1 fully saturated rings. The van der Waals surface area contributed by atoms with Crippen LogP contribution in [0.3, 0.4) is 0 Å². The van der Waals surface area contributed by atoms with Gasteiger partial charge in [0.25, 0.3) is 0 Å². The van der Waals surface area contributed by atoms with Gasteiger partial charge in [-0.3, -0.25) is 0 Å². The second-order valence-corrected chi connectivity index (χ2v) is 7.40. The Hall–Kier alpha value is -1.12. The first-order chi connectivity index (χ1) is 10.2. The second-order valence-electron chi connectivity index (χ2n) is 5.51. The van der Waals surface area contributed by atoms with Crippen molar-refractivity contribution < 1.29 is 26.7 Å². The first-order valence-electron chi connectivity index (χ1n) is 6.98. The van der Waals surface area contributed by atoms with E-state index in [9.17, 15) is 26.7 Å². The minimum absolute atomic E-state index is 0.00275. The van der Waals surface area contributed by atoms with Gasteiger partial charge in [0.1, 0.15) is 0 Å². The molecule has 2 unspecified atom stereocenters. The molecule has 124 valence electrons. The Balaban J connectivity index is 2.33. The van der Waals surface area contributed by atoms with Crippen LogP contribution in [-0.4, -0.2) is 37.0 Å². The Morgan fingerprint density at radius 1 is 1.27 bits per heavy atom. The molecule has 0 radical (unpaired) electrons. The van der Waals surface area contributed by atoms with Gasteiger partial charge < -0.3 is 5.11 Å². The molecule has 1 saturated heterocycles. The summed E-state index contributed by atoms with van der Waals surface area (Å²) in [6.45, 7) is 1.81. The third kappa shape index (κ3) is 3.28. The number of rotatable bonds is 3. The highest BCUT2D eigenvalue weighted by atomic mass is 32.2. The monoisotopic (exact) mass is 337 g/mol. The van der Waals surface area contributed by atoms with Gasteiger partial charge in [-0.25, -0.2) is 8.42 Å². The minimum atomic E-state index is -4.50. The molecule has 1 aliphatic heterocycles. The number of hydrogen-bond donors (Lipinski definition) is 1. The minimum Gasteiger partial charge on any atom is -0.395 e. The van der Waals surface area contributed by atoms with E-state index in [0.29, 0.717) is 6.42 Å². The van der Waals surface area contributed by atoms with Crippen LogP contribution in [0.2, 0.25) is 0 Å². The van der Waals surface area contributed by atoms with E-state index < -0.39 is 27.8 Å². The number of nitrogens with zero attached hydrogens (tertiary/aromatic N) is 1. The number of aliphatic hydroxyl groups is 1. The fourth-order valence-corrected chi connectivity index (χ4v) is 4.48. The number of sulfonamides is 1. The number of halogens is 3. The van der Waals surface area contributed by atoms with E-state index in [2.05, 4.69) is 0 Å². The number of aliphatic hydroxyl groups excluding tert-OH is 1. The summed E-state index contributed by atoms with van der Waals surface area (Å²) in [6, 6.07) is 2.90. The molecule has 1 aliphatic rings. The third-order valence-electron chi connectivity index (χ3n) is 4.04. The molecule has 0 spiro atoms. The molecular weight excluding hydrogens is 319 g/mol. The number of hydrogen-bond acceptors (Lipinski definition) is 3. The molecule has 22 heavy (non-hydrogen) atoms. The highest BCUT2D eigenvalue weighted by Gasteiger charge is 2.37. The van der Waals surface area contributed by atoms with Gasteiger partial charge in [-0.1, -0.05) is 6.92 Å². The first kappa shape index (κ1) is 17.2. The molecule has 1 N–H and O–H groups in total. The lowest BCUT2D eigenvalue weighted by Gasteiger charge is -2.37. The molecule has 2 atom stereocenters. The third-order valence-corrected chi connectivity index (χ3v) is 5.98. The van der Waals surface area contributed by atoms with Gasteiger partial charge in [0, 0.05) is 6.54 Å². The molecular formula is C14H18F3NO3S. The summed E-state index contributed by atoms with van der Waals surface area (Å²) in [4.78, 5) is -0.187. The first-order valence-corrected chi connectivity index (χ1v) is 8.42. The Morgan fingerprint density at radius 3 is 2.36 bits per heavy atom. The Bertz CT molecular complexity index is 613. The van der Waals surface area contributed by atoms with E-state index in [0.717, 1.165) is 30.7 Å². The Morgan fingerprint density at radius 2 is 1.86 bits per heavy atom. The van der Waals surface area contributed by atoms with E-state index in [-0.39, 0.29) is 24.0 Å². The van der Waals surface area contributed by atoms with E-state index in [1.165, 1.54) is 4.31 Å². The molecule has 2 rings (SSSR count). The van der Waals surface area contributed by atoms with E-state index >= 15 is 0 Å². The van der Waals surface area contributed by atoms with Crippen LogP contribution in [0.1, 0.15) is 25.3 Å². The van der Waals surface area contributed by atoms with Crippen molar-refractivity contribution >= 4 is 10.0 Å². The zero-order valence-corrected chi connectivity index (χ0v) is 12.9. The van der Waals surface area contributed by atoms with Gasteiger partial charge in [-0.15, -0.1) is 0 Å². The second kappa shape index (κ2) is 6.17. The molecule has 0 bridgehead atoms. The molecule has 0 aromatic heterocycles. The van der Waals surface area contributed by atoms with Crippen molar-refractivity contribution in [2.24, 2.45) is 5.92 Å². The average molecular weight is 337 g/mol. The summed E-state index contributed by atoms with van der Waals surface area (Å²) in [5, 5.41) is 9.44. The Kier molecular flexibility index (Phi) is 4.84. The van der Waals surface area contributed by atoms with E-state index in [1.807, 2.05) is 6.92 Å². The van der Waals surface area contributed by atoms with Crippen LogP contribution < -0.4 is 0 Å². The van der Waals surface area contributed by atoms with Crippen molar-refractivity contribution in [2.45, 2.75) is 36.9 Å². The zero-order valence-electron chi connectivity index (χ0n) is 12.0. The smallest absolute Gasteiger partial charge is 0.395 e. The van der Waals surface area contributed by atoms with Crippen molar-refractivity contribution in [1.82, 2.24) is 4.31 Å². The van der Waals surface area contributed by atoms with Gasteiger partial charge >= 0.3 is 6.18 Å². The van der Waals surface area contributed by atoms with Gasteiger partial charge in [0.15, 0.2) is 0 Å². The van der Waals surface area contributed by atoms with Gasteiger partial charge in [-0.2, -0.15) is 17.5 Å². The summed E-state index contributed by atoms with van der Waals surface area (Å²) in [6.07, 6.45) is -3.03. The van der Waals surface area contributed by atoms with Crippen molar-refractivity contribution in [3.05, 3.63) is 29.8 Å². The molecule has 1 aromatic rings. The van der Waals surface area contributed by atoms with Gasteiger partial charge in [0.05, 0.1) is 23.1 Å². The molecule has 0 saturated carbocycles. The predicted molar refractivity (Wildman–Crippen MR) is 74.6 cm³/mol. The normalized spacial score (nSPS) is 24.4. The summed E-state index contributed by atoms with van der Waals surface area (Å²) < 4.78 is 64.0. The van der Waals surface area contributed by atoms with E-state index in [4.69, 9.17) is 0 Å². The SMILES string of the molecule is CC1CCCN(S(=O)(=O)c2ccc(C(F)(F)F)cc2)C1CO. The van der Waals surface area contributed by atoms with Crippen LogP contribution in [0.15, 0.2) is 29.2 Å². The highest BCUT2D eigenvalue weighted by Crippen LogP contribution is 2.32. The molecule has 1 heterocycles. The maximum atomic E-state index is 12.6. The zero-order chi connectivity index (χ0) is 16.5.